The highest BCUT2D eigenvalue weighted by Crippen LogP contribution is 2.39. The Morgan fingerprint density at radius 1 is 1.09 bits per heavy atom. The van der Waals surface area contributed by atoms with Crippen molar-refractivity contribution >= 4 is 23.6 Å². The van der Waals surface area contributed by atoms with Crippen LogP contribution < -0.4 is 15.5 Å². The van der Waals surface area contributed by atoms with Gasteiger partial charge in [-0.15, -0.1) is 0 Å². The number of ether oxygens (including phenoxy) is 1. The molecule has 2 N–H and O–H groups in total. The first-order valence-electron chi connectivity index (χ1n) is 9.86. The van der Waals surface area contributed by atoms with Crippen LogP contribution in [0.3, 0.4) is 0 Å². The standard InChI is InChI=1S/C22H22F3N3O4/c1-13(32-21(31)26-12-11-22(23,24)25)19(29)27-18-16-9-4-3-7-14(16)15-8-5-6-10-17(15)28(2)20(18)30/h3-10,13,18H,11-12H2,1-2H3,(H,26,31)(H,27,29)/t13-,18-/m0/s1. The molecule has 0 spiro atoms. The molecule has 0 aromatic heterocycles. The van der Waals surface area contributed by atoms with Crippen LogP contribution in [-0.2, 0) is 14.3 Å². The molecule has 0 aliphatic carbocycles. The molecule has 1 aliphatic heterocycles. The van der Waals surface area contributed by atoms with Crippen LogP contribution in [-0.4, -0.2) is 43.8 Å². The van der Waals surface area contributed by atoms with Gasteiger partial charge < -0.3 is 20.3 Å². The number of nitrogens with zero attached hydrogens (tertiary/aromatic N) is 1. The Balaban J connectivity index is 1.74. The number of anilines is 1. The second-order valence-corrected chi connectivity index (χ2v) is 7.28. The van der Waals surface area contributed by atoms with E-state index >= 15 is 0 Å². The molecule has 2 aromatic rings. The van der Waals surface area contributed by atoms with Crippen molar-refractivity contribution in [3.8, 4) is 11.1 Å². The maximum Gasteiger partial charge on any atom is 0.407 e. The summed E-state index contributed by atoms with van der Waals surface area (Å²) in [6.07, 6.45) is -8.14. The highest BCUT2D eigenvalue weighted by atomic mass is 19.4. The van der Waals surface area contributed by atoms with Crippen LogP contribution in [0.25, 0.3) is 11.1 Å². The van der Waals surface area contributed by atoms with Crippen molar-refractivity contribution in [1.82, 2.24) is 10.6 Å². The average molecular weight is 449 g/mol. The predicted octanol–water partition coefficient (Wildman–Crippen LogP) is 3.55. The lowest BCUT2D eigenvalue weighted by Crippen LogP contribution is -2.45. The van der Waals surface area contributed by atoms with Gasteiger partial charge in [-0.05, 0) is 24.1 Å². The molecule has 32 heavy (non-hydrogen) atoms. The van der Waals surface area contributed by atoms with Crippen molar-refractivity contribution in [3.05, 3.63) is 54.1 Å². The highest BCUT2D eigenvalue weighted by molar-refractivity contribution is 6.06. The SMILES string of the molecule is C[C@H](OC(=O)NCCC(F)(F)F)C(=O)N[C@@H]1C(=O)N(C)c2ccccc2-c2ccccc21. The van der Waals surface area contributed by atoms with E-state index in [4.69, 9.17) is 4.74 Å². The quantitative estimate of drug-likeness (QED) is 0.731. The van der Waals surface area contributed by atoms with Crippen LogP contribution in [0, 0.1) is 0 Å². The number of carbonyl (C=O) groups excluding carboxylic acids is 3. The molecule has 0 bridgehead atoms. The van der Waals surface area contributed by atoms with E-state index in [0.29, 0.717) is 11.3 Å². The second kappa shape index (κ2) is 9.29. The van der Waals surface area contributed by atoms with E-state index in [0.717, 1.165) is 11.1 Å². The smallest absolute Gasteiger partial charge is 0.407 e. The zero-order valence-electron chi connectivity index (χ0n) is 17.4. The van der Waals surface area contributed by atoms with E-state index in [2.05, 4.69) is 5.32 Å². The summed E-state index contributed by atoms with van der Waals surface area (Å²) in [4.78, 5) is 39.0. The molecule has 2 atom stereocenters. The summed E-state index contributed by atoms with van der Waals surface area (Å²) in [6.45, 7) is 0.596. The number of rotatable bonds is 5. The van der Waals surface area contributed by atoms with Crippen molar-refractivity contribution in [3.63, 3.8) is 0 Å². The maximum atomic E-state index is 13.2. The van der Waals surface area contributed by atoms with Crippen LogP contribution >= 0.6 is 0 Å². The van der Waals surface area contributed by atoms with Gasteiger partial charge in [0.2, 0.25) is 0 Å². The summed E-state index contributed by atoms with van der Waals surface area (Å²) in [6, 6.07) is 13.4. The largest absolute Gasteiger partial charge is 0.436 e. The van der Waals surface area contributed by atoms with Gasteiger partial charge in [0, 0.05) is 19.2 Å². The van der Waals surface area contributed by atoms with Gasteiger partial charge in [0.05, 0.1) is 12.1 Å². The van der Waals surface area contributed by atoms with Gasteiger partial charge in [0.1, 0.15) is 6.04 Å². The van der Waals surface area contributed by atoms with E-state index in [1.54, 1.807) is 31.3 Å². The highest BCUT2D eigenvalue weighted by Gasteiger charge is 2.34. The first-order chi connectivity index (χ1) is 15.1. The minimum Gasteiger partial charge on any atom is -0.436 e. The van der Waals surface area contributed by atoms with E-state index in [9.17, 15) is 27.6 Å². The third-order valence-corrected chi connectivity index (χ3v) is 5.02. The van der Waals surface area contributed by atoms with Crippen molar-refractivity contribution in [2.45, 2.75) is 31.7 Å². The Morgan fingerprint density at radius 2 is 1.72 bits per heavy atom. The van der Waals surface area contributed by atoms with Crippen molar-refractivity contribution in [2.75, 3.05) is 18.5 Å². The fourth-order valence-corrected chi connectivity index (χ4v) is 3.39. The number of hydrogen-bond donors (Lipinski definition) is 2. The molecular formula is C22H22F3N3O4. The molecule has 0 fully saturated rings. The molecule has 1 aliphatic rings. The van der Waals surface area contributed by atoms with Crippen molar-refractivity contribution in [1.29, 1.82) is 0 Å². The molecular weight excluding hydrogens is 427 g/mol. The lowest BCUT2D eigenvalue weighted by atomic mass is 9.95. The van der Waals surface area contributed by atoms with Gasteiger partial charge in [-0.25, -0.2) is 4.79 Å². The summed E-state index contributed by atoms with van der Waals surface area (Å²) in [5, 5.41) is 4.55. The lowest BCUT2D eigenvalue weighted by Gasteiger charge is -2.24. The van der Waals surface area contributed by atoms with Gasteiger partial charge in [-0.3, -0.25) is 9.59 Å². The number of amides is 3. The van der Waals surface area contributed by atoms with Gasteiger partial charge >= 0.3 is 12.3 Å². The van der Waals surface area contributed by atoms with E-state index in [1.165, 1.54) is 11.8 Å². The van der Waals surface area contributed by atoms with E-state index < -0.39 is 49.2 Å². The molecule has 0 unspecified atom stereocenters. The Bertz CT molecular complexity index is 1030. The summed E-state index contributed by atoms with van der Waals surface area (Å²) in [5.41, 5.74) is 2.84. The Morgan fingerprint density at radius 3 is 2.41 bits per heavy atom. The number of halogens is 3. The van der Waals surface area contributed by atoms with Gasteiger partial charge in [-0.2, -0.15) is 13.2 Å². The van der Waals surface area contributed by atoms with Crippen molar-refractivity contribution in [2.24, 2.45) is 0 Å². The van der Waals surface area contributed by atoms with Crippen LogP contribution in [0.1, 0.15) is 24.9 Å². The van der Waals surface area contributed by atoms with Gasteiger partial charge in [0.25, 0.3) is 11.8 Å². The third-order valence-electron chi connectivity index (χ3n) is 5.02. The summed E-state index contributed by atoms with van der Waals surface area (Å²) >= 11 is 0. The molecule has 3 rings (SSSR count). The molecule has 10 heteroatoms. The van der Waals surface area contributed by atoms with Crippen molar-refractivity contribution < 1.29 is 32.3 Å². The minimum atomic E-state index is -4.42. The van der Waals surface area contributed by atoms with E-state index in [1.807, 2.05) is 29.6 Å². The fourth-order valence-electron chi connectivity index (χ4n) is 3.39. The number of nitrogens with one attached hydrogen (secondary N) is 2. The summed E-state index contributed by atoms with van der Waals surface area (Å²) in [7, 11) is 1.60. The Labute approximate surface area is 182 Å². The molecule has 0 radical (unpaired) electrons. The maximum absolute atomic E-state index is 13.2. The average Bonchev–Trinajstić information content (AvgIpc) is 2.83. The first kappa shape index (κ1) is 23.1. The first-order valence-corrected chi connectivity index (χ1v) is 9.86. The Hall–Kier alpha value is -3.56. The lowest BCUT2D eigenvalue weighted by molar-refractivity contribution is -0.134. The van der Waals surface area contributed by atoms with Crippen LogP contribution in [0.15, 0.2) is 48.5 Å². The number of benzene rings is 2. The monoisotopic (exact) mass is 449 g/mol. The zero-order chi connectivity index (χ0) is 23.5. The summed E-state index contributed by atoms with van der Waals surface area (Å²) in [5.74, 6) is -1.15. The molecule has 170 valence electrons. The molecule has 0 saturated heterocycles. The number of fused-ring (bicyclic) bond motifs is 3. The molecule has 0 saturated carbocycles. The third kappa shape index (κ3) is 5.19. The fraction of sp³-hybridized carbons (Fsp3) is 0.318. The normalized spacial score (nSPS) is 16.3. The van der Waals surface area contributed by atoms with Gasteiger partial charge in [0.15, 0.2) is 6.10 Å². The number of alkyl halides is 3. The summed E-state index contributed by atoms with van der Waals surface area (Å²) < 4.78 is 41.4. The topological polar surface area (TPSA) is 87.7 Å². The molecule has 3 amide bonds. The molecule has 1 heterocycles. The predicted molar refractivity (Wildman–Crippen MR) is 111 cm³/mol. The van der Waals surface area contributed by atoms with E-state index in [-0.39, 0.29) is 0 Å². The number of hydrogen-bond acceptors (Lipinski definition) is 4. The second-order valence-electron chi connectivity index (χ2n) is 7.28. The van der Waals surface area contributed by atoms with Gasteiger partial charge in [-0.1, -0.05) is 42.5 Å². The van der Waals surface area contributed by atoms with Crippen LogP contribution in [0.5, 0.6) is 0 Å². The zero-order valence-corrected chi connectivity index (χ0v) is 17.4. The number of carbonyl (C=O) groups is 3. The molecule has 7 nitrogen and oxygen atoms in total. The molecule has 2 aromatic carbocycles. The van der Waals surface area contributed by atoms with Crippen LogP contribution in [0.4, 0.5) is 23.7 Å². The number of para-hydroxylation sites is 1. The number of alkyl carbamates (subject to hydrolysis) is 1. The Kier molecular flexibility index (Phi) is 6.71. The minimum absolute atomic E-state index is 0.391. The number of likely N-dealkylation sites (N-methyl/N-ethyl adjacent to an activating group) is 1. The van der Waals surface area contributed by atoms with Crippen LogP contribution in [0.2, 0.25) is 0 Å².